The number of carboxylic acids is 1. The molecule has 0 aromatic carbocycles. The van der Waals surface area contributed by atoms with Crippen LogP contribution in [-0.4, -0.2) is 41.1 Å². The molecule has 0 aliphatic rings. The van der Waals surface area contributed by atoms with Crippen LogP contribution in [0.1, 0.15) is 33.6 Å². The van der Waals surface area contributed by atoms with Crippen molar-refractivity contribution in [2.24, 2.45) is 0 Å². The quantitative estimate of drug-likeness (QED) is 0.727. The minimum Gasteiger partial charge on any atom is -0.480 e. The van der Waals surface area contributed by atoms with Crippen LogP contribution in [0, 0.1) is 0 Å². The van der Waals surface area contributed by atoms with Gasteiger partial charge in [-0.25, -0.2) is 9.59 Å². The van der Waals surface area contributed by atoms with E-state index in [9.17, 15) is 9.59 Å². The maximum absolute atomic E-state index is 11.6. The van der Waals surface area contributed by atoms with E-state index >= 15 is 0 Å². The molecule has 0 aromatic rings. The van der Waals surface area contributed by atoms with Gasteiger partial charge in [0.2, 0.25) is 0 Å². The van der Waals surface area contributed by atoms with Gasteiger partial charge in [-0.15, -0.1) is 0 Å². The van der Waals surface area contributed by atoms with Gasteiger partial charge in [0.1, 0.15) is 6.04 Å². The number of hydrogen-bond donors (Lipinski definition) is 2. The molecule has 2 unspecified atom stereocenters. The Morgan fingerprint density at radius 3 is 2.20 bits per heavy atom. The van der Waals surface area contributed by atoms with Gasteiger partial charge in [-0.3, -0.25) is 0 Å². The monoisotopic (exact) mass is 216 g/mol. The van der Waals surface area contributed by atoms with E-state index < -0.39 is 12.0 Å². The average molecular weight is 216 g/mol. The van der Waals surface area contributed by atoms with Gasteiger partial charge in [0.05, 0.1) is 0 Å². The molecular formula is C10H20N2O3. The molecule has 0 fully saturated rings. The van der Waals surface area contributed by atoms with Crippen molar-refractivity contribution in [1.82, 2.24) is 10.2 Å². The van der Waals surface area contributed by atoms with Crippen LogP contribution in [0.15, 0.2) is 0 Å². The predicted molar refractivity (Wildman–Crippen MR) is 57.8 cm³/mol. The average Bonchev–Trinajstić information content (AvgIpc) is 2.17. The number of amides is 2. The second-order valence-electron chi connectivity index (χ2n) is 3.63. The number of urea groups is 1. The number of nitrogens with zero attached hydrogens (tertiary/aromatic N) is 1. The number of rotatable bonds is 5. The van der Waals surface area contributed by atoms with Gasteiger partial charge < -0.3 is 15.3 Å². The van der Waals surface area contributed by atoms with Gasteiger partial charge in [0.15, 0.2) is 0 Å². The molecular weight excluding hydrogens is 196 g/mol. The fourth-order valence-electron chi connectivity index (χ4n) is 1.17. The van der Waals surface area contributed by atoms with Crippen LogP contribution in [0.5, 0.6) is 0 Å². The molecule has 0 aromatic heterocycles. The topological polar surface area (TPSA) is 69.6 Å². The Labute approximate surface area is 90.5 Å². The van der Waals surface area contributed by atoms with Crippen molar-refractivity contribution in [3.05, 3.63) is 0 Å². The molecule has 2 atom stereocenters. The summed E-state index contributed by atoms with van der Waals surface area (Å²) in [6, 6.07) is -1.03. The van der Waals surface area contributed by atoms with Gasteiger partial charge in [-0.1, -0.05) is 13.8 Å². The van der Waals surface area contributed by atoms with Gasteiger partial charge in [0.25, 0.3) is 0 Å². The molecule has 0 saturated heterocycles. The Bertz CT molecular complexity index is 231. The van der Waals surface area contributed by atoms with Crippen LogP contribution < -0.4 is 5.32 Å². The smallest absolute Gasteiger partial charge is 0.326 e. The maximum Gasteiger partial charge on any atom is 0.326 e. The lowest BCUT2D eigenvalue weighted by molar-refractivity contribution is -0.141. The lowest BCUT2D eigenvalue weighted by Crippen LogP contribution is -2.49. The zero-order chi connectivity index (χ0) is 12.0. The highest BCUT2D eigenvalue weighted by Crippen LogP contribution is 2.03. The zero-order valence-corrected chi connectivity index (χ0v) is 9.78. The number of carboxylic acid groups (broad SMARTS) is 1. The predicted octanol–water partition coefficient (Wildman–Crippen LogP) is 1.29. The van der Waals surface area contributed by atoms with Crippen molar-refractivity contribution in [3.8, 4) is 0 Å². The maximum atomic E-state index is 11.6. The molecule has 0 heterocycles. The molecule has 0 saturated carbocycles. The molecule has 2 N–H and O–H groups in total. The summed E-state index contributed by atoms with van der Waals surface area (Å²) in [5.74, 6) is -0.973. The first kappa shape index (κ1) is 13.7. The number of carbonyl (C=O) groups excluding carboxylic acids is 1. The van der Waals surface area contributed by atoms with Crippen LogP contribution >= 0.6 is 0 Å². The third-order valence-corrected chi connectivity index (χ3v) is 2.44. The molecule has 0 rings (SSSR count). The van der Waals surface area contributed by atoms with E-state index in [-0.39, 0.29) is 12.1 Å². The number of aliphatic carboxylic acids is 1. The first-order valence-electron chi connectivity index (χ1n) is 5.20. The van der Waals surface area contributed by atoms with E-state index in [1.54, 1.807) is 6.92 Å². The highest BCUT2D eigenvalue weighted by Gasteiger charge is 2.24. The van der Waals surface area contributed by atoms with E-state index in [0.717, 1.165) is 6.42 Å². The second-order valence-corrected chi connectivity index (χ2v) is 3.63. The Morgan fingerprint density at radius 1 is 1.33 bits per heavy atom. The SMILES string of the molecule is CCC(C)NC(=O)N(C)C(CC)C(=O)O. The molecule has 0 bridgehead atoms. The molecule has 15 heavy (non-hydrogen) atoms. The normalized spacial score (nSPS) is 14.1. The minimum absolute atomic E-state index is 0.0613. The first-order valence-corrected chi connectivity index (χ1v) is 5.20. The van der Waals surface area contributed by atoms with E-state index in [4.69, 9.17) is 5.11 Å². The summed E-state index contributed by atoms with van der Waals surface area (Å²) in [6.45, 7) is 5.58. The van der Waals surface area contributed by atoms with E-state index in [1.165, 1.54) is 11.9 Å². The van der Waals surface area contributed by atoms with Crippen molar-refractivity contribution in [2.75, 3.05) is 7.05 Å². The first-order chi connectivity index (χ1) is 6.93. The van der Waals surface area contributed by atoms with Crippen LogP contribution in [-0.2, 0) is 4.79 Å². The molecule has 0 aliphatic heterocycles. The largest absolute Gasteiger partial charge is 0.480 e. The van der Waals surface area contributed by atoms with Gasteiger partial charge in [-0.05, 0) is 19.8 Å². The van der Waals surface area contributed by atoms with Crippen LogP contribution in [0.2, 0.25) is 0 Å². The Hall–Kier alpha value is -1.26. The number of likely N-dealkylation sites (N-methyl/N-ethyl adjacent to an activating group) is 1. The number of nitrogens with one attached hydrogen (secondary N) is 1. The Morgan fingerprint density at radius 2 is 1.87 bits per heavy atom. The summed E-state index contributed by atoms with van der Waals surface area (Å²) in [5, 5.41) is 11.6. The lowest BCUT2D eigenvalue weighted by atomic mass is 10.2. The second kappa shape index (κ2) is 6.27. The summed E-state index contributed by atoms with van der Waals surface area (Å²) in [6.07, 6.45) is 1.23. The van der Waals surface area contributed by atoms with Crippen molar-refractivity contribution in [1.29, 1.82) is 0 Å². The Balaban J connectivity index is 4.35. The zero-order valence-electron chi connectivity index (χ0n) is 9.78. The summed E-state index contributed by atoms with van der Waals surface area (Å²) in [7, 11) is 1.50. The minimum atomic E-state index is -0.973. The van der Waals surface area contributed by atoms with Gasteiger partial charge >= 0.3 is 12.0 Å². The van der Waals surface area contributed by atoms with Gasteiger partial charge in [0, 0.05) is 13.1 Å². The molecule has 0 aliphatic carbocycles. The highest BCUT2D eigenvalue weighted by atomic mass is 16.4. The molecule has 88 valence electrons. The van der Waals surface area contributed by atoms with Crippen LogP contribution in [0.25, 0.3) is 0 Å². The molecule has 5 heteroatoms. The summed E-state index contributed by atoms with van der Waals surface area (Å²) < 4.78 is 0. The third-order valence-electron chi connectivity index (χ3n) is 2.44. The van der Waals surface area contributed by atoms with Crippen LogP contribution in [0.4, 0.5) is 4.79 Å². The Kier molecular flexibility index (Phi) is 5.74. The molecule has 0 spiro atoms. The van der Waals surface area contributed by atoms with Crippen LogP contribution in [0.3, 0.4) is 0 Å². The van der Waals surface area contributed by atoms with E-state index in [0.29, 0.717) is 6.42 Å². The molecule has 5 nitrogen and oxygen atoms in total. The van der Waals surface area contributed by atoms with Crippen molar-refractivity contribution in [2.45, 2.75) is 45.7 Å². The fourth-order valence-corrected chi connectivity index (χ4v) is 1.17. The highest BCUT2D eigenvalue weighted by molar-refractivity contribution is 5.82. The van der Waals surface area contributed by atoms with E-state index in [1.807, 2.05) is 13.8 Å². The number of carbonyl (C=O) groups is 2. The fraction of sp³-hybridized carbons (Fsp3) is 0.800. The molecule has 0 radical (unpaired) electrons. The summed E-state index contributed by atoms with van der Waals surface area (Å²) in [5.41, 5.74) is 0. The third kappa shape index (κ3) is 4.18. The standard InChI is InChI=1S/C10H20N2O3/c1-5-7(3)11-10(15)12(4)8(6-2)9(13)14/h7-8H,5-6H2,1-4H3,(H,11,15)(H,13,14). The van der Waals surface area contributed by atoms with Crippen molar-refractivity contribution in [3.63, 3.8) is 0 Å². The van der Waals surface area contributed by atoms with Crippen molar-refractivity contribution >= 4 is 12.0 Å². The van der Waals surface area contributed by atoms with Gasteiger partial charge in [-0.2, -0.15) is 0 Å². The summed E-state index contributed by atoms with van der Waals surface area (Å²) in [4.78, 5) is 23.6. The van der Waals surface area contributed by atoms with E-state index in [2.05, 4.69) is 5.32 Å². The summed E-state index contributed by atoms with van der Waals surface area (Å²) >= 11 is 0. The molecule has 2 amide bonds. The number of hydrogen-bond acceptors (Lipinski definition) is 2. The lowest BCUT2D eigenvalue weighted by Gasteiger charge is -2.25. The van der Waals surface area contributed by atoms with Crippen molar-refractivity contribution < 1.29 is 14.7 Å².